The number of nitrogens with one attached hydrogen (secondary N) is 1. The van der Waals surface area contributed by atoms with E-state index in [0.717, 1.165) is 17.9 Å². The monoisotopic (exact) mass is 269 g/mol. The molecule has 0 fully saturated rings. The lowest BCUT2D eigenvalue weighted by Gasteiger charge is -2.07. The van der Waals surface area contributed by atoms with Crippen molar-refractivity contribution in [2.75, 3.05) is 31.3 Å². The first-order chi connectivity index (χ1) is 8.83. The first kappa shape index (κ1) is 14.9. The van der Waals surface area contributed by atoms with E-state index in [0.29, 0.717) is 18.9 Å². The van der Waals surface area contributed by atoms with Gasteiger partial charge >= 0.3 is 0 Å². The van der Waals surface area contributed by atoms with Gasteiger partial charge in [-0.25, -0.2) is 0 Å². The number of benzene rings is 1. The van der Waals surface area contributed by atoms with E-state index in [1.165, 1.54) is 11.8 Å². The third-order valence-electron chi connectivity index (χ3n) is 2.12. The molecule has 2 N–H and O–H groups in total. The number of carbonyl (C=O) groups excluding carboxylic acids is 1. The fraction of sp³-hybridized carbons (Fsp3) is 0.462. The van der Waals surface area contributed by atoms with Gasteiger partial charge in [0.25, 0.3) is 0 Å². The number of para-hydroxylation sites is 1. The summed E-state index contributed by atoms with van der Waals surface area (Å²) in [5.74, 6) is 2.06. The van der Waals surface area contributed by atoms with Crippen molar-refractivity contribution in [1.82, 2.24) is 5.32 Å². The maximum absolute atomic E-state index is 11.4. The Morgan fingerprint density at radius 3 is 2.83 bits per heavy atom. The standard InChI is InChI=1S/C13H19NO3S/c15-8-4-10-18-11-13(16)14-7-9-17-12-5-2-1-3-6-12/h1-3,5-6,15H,4,7-11H2,(H,14,16). The van der Waals surface area contributed by atoms with E-state index in [2.05, 4.69) is 5.32 Å². The second-order valence-electron chi connectivity index (χ2n) is 3.64. The van der Waals surface area contributed by atoms with Gasteiger partial charge in [0.2, 0.25) is 5.91 Å². The third kappa shape index (κ3) is 7.19. The molecule has 4 nitrogen and oxygen atoms in total. The van der Waals surface area contributed by atoms with Crippen LogP contribution < -0.4 is 10.1 Å². The SMILES string of the molecule is O=C(CSCCCO)NCCOc1ccccc1. The van der Waals surface area contributed by atoms with Crippen LogP contribution in [0.5, 0.6) is 5.75 Å². The molecule has 1 aromatic rings. The largest absolute Gasteiger partial charge is 0.492 e. The lowest BCUT2D eigenvalue weighted by atomic mass is 10.3. The van der Waals surface area contributed by atoms with Crippen molar-refractivity contribution in [3.63, 3.8) is 0 Å². The van der Waals surface area contributed by atoms with Gasteiger partial charge in [0.1, 0.15) is 12.4 Å². The molecule has 0 atom stereocenters. The minimum atomic E-state index is 0.00889. The van der Waals surface area contributed by atoms with Gasteiger partial charge in [0, 0.05) is 6.61 Å². The lowest BCUT2D eigenvalue weighted by Crippen LogP contribution is -2.29. The smallest absolute Gasteiger partial charge is 0.230 e. The van der Waals surface area contributed by atoms with Crippen LogP contribution in [-0.4, -0.2) is 42.3 Å². The minimum Gasteiger partial charge on any atom is -0.492 e. The molecule has 0 aliphatic rings. The molecule has 0 aliphatic carbocycles. The Kier molecular flexibility index (Phi) is 8.08. The Hall–Kier alpha value is -1.20. The van der Waals surface area contributed by atoms with Crippen LogP contribution in [0.2, 0.25) is 0 Å². The summed E-state index contributed by atoms with van der Waals surface area (Å²) in [5.41, 5.74) is 0. The Balaban J connectivity index is 1.99. The van der Waals surface area contributed by atoms with E-state index in [-0.39, 0.29) is 12.5 Å². The number of ether oxygens (including phenoxy) is 1. The number of amides is 1. The zero-order valence-corrected chi connectivity index (χ0v) is 11.1. The van der Waals surface area contributed by atoms with Crippen molar-refractivity contribution in [3.05, 3.63) is 30.3 Å². The van der Waals surface area contributed by atoms with Crippen LogP contribution in [0.1, 0.15) is 6.42 Å². The molecule has 0 bridgehead atoms. The first-order valence-corrected chi connectivity index (χ1v) is 7.11. The summed E-state index contributed by atoms with van der Waals surface area (Å²) in [4.78, 5) is 11.4. The zero-order valence-electron chi connectivity index (χ0n) is 10.3. The molecule has 1 aromatic carbocycles. The molecule has 1 rings (SSSR count). The lowest BCUT2D eigenvalue weighted by molar-refractivity contribution is -0.118. The summed E-state index contributed by atoms with van der Waals surface area (Å²) in [6.07, 6.45) is 0.731. The van der Waals surface area contributed by atoms with E-state index in [4.69, 9.17) is 9.84 Å². The number of hydrogen-bond donors (Lipinski definition) is 2. The van der Waals surface area contributed by atoms with E-state index in [9.17, 15) is 4.79 Å². The molecule has 100 valence electrons. The van der Waals surface area contributed by atoms with Crippen LogP contribution in [0.15, 0.2) is 30.3 Å². The molecule has 5 heteroatoms. The van der Waals surface area contributed by atoms with Crippen LogP contribution in [-0.2, 0) is 4.79 Å². The predicted octanol–water partition coefficient (Wildman–Crippen LogP) is 1.30. The quantitative estimate of drug-likeness (QED) is 0.663. The normalized spacial score (nSPS) is 10.1. The van der Waals surface area contributed by atoms with Gasteiger partial charge in [-0.15, -0.1) is 0 Å². The van der Waals surface area contributed by atoms with Crippen molar-refractivity contribution in [3.8, 4) is 5.75 Å². The average molecular weight is 269 g/mol. The first-order valence-electron chi connectivity index (χ1n) is 5.96. The molecule has 0 saturated heterocycles. The number of rotatable bonds is 9. The highest BCUT2D eigenvalue weighted by Gasteiger charge is 2.00. The van der Waals surface area contributed by atoms with Gasteiger partial charge in [0.05, 0.1) is 12.3 Å². The summed E-state index contributed by atoms with van der Waals surface area (Å²) in [6.45, 7) is 1.16. The molecule has 0 aliphatic heterocycles. The fourth-order valence-electron chi connectivity index (χ4n) is 1.26. The second kappa shape index (κ2) is 9.79. The molecule has 1 amide bonds. The van der Waals surface area contributed by atoms with Crippen LogP contribution in [0.3, 0.4) is 0 Å². The summed E-state index contributed by atoms with van der Waals surface area (Å²) >= 11 is 1.53. The fourth-order valence-corrected chi connectivity index (χ4v) is 2.02. The van der Waals surface area contributed by atoms with Crippen molar-refractivity contribution in [1.29, 1.82) is 0 Å². The summed E-state index contributed by atoms with van der Waals surface area (Å²) in [5, 5.41) is 11.4. The zero-order chi connectivity index (χ0) is 13.1. The number of aliphatic hydroxyl groups excluding tert-OH is 1. The molecule has 0 saturated carbocycles. The Labute approximate surface area is 112 Å². The van der Waals surface area contributed by atoms with Crippen molar-refractivity contribution < 1.29 is 14.6 Å². The van der Waals surface area contributed by atoms with E-state index >= 15 is 0 Å². The summed E-state index contributed by atoms with van der Waals surface area (Å²) < 4.78 is 5.44. The molecular weight excluding hydrogens is 250 g/mol. The van der Waals surface area contributed by atoms with E-state index in [1.54, 1.807) is 0 Å². The van der Waals surface area contributed by atoms with Gasteiger partial charge in [0.15, 0.2) is 0 Å². The predicted molar refractivity (Wildman–Crippen MR) is 74.0 cm³/mol. The molecule has 0 radical (unpaired) electrons. The molecule has 0 aromatic heterocycles. The Bertz CT molecular complexity index is 332. The molecular formula is C13H19NO3S. The average Bonchev–Trinajstić information content (AvgIpc) is 2.41. The van der Waals surface area contributed by atoms with E-state index in [1.807, 2.05) is 30.3 Å². The van der Waals surface area contributed by atoms with Gasteiger partial charge < -0.3 is 15.2 Å². The number of carbonyl (C=O) groups is 1. The minimum absolute atomic E-state index is 0.00889. The summed E-state index contributed by atoms with van der Waals surface area (Å²) in [7, 11) is 0. The number of thioether (sulfide) groups is 1. The maximum Gasteiger partial charge on any atom is 0.230 e. The highest BCUT2D eigenvalue weighted by Crippen LogP contribution is 2.07. The summed E-state index contributed by atoms with van der Waals surface area (Å²) in [6, 6.07) is 9.51. The van der Waals surface area contributed by atoms with Crippen molar-refractivity contribution >= 4 is 17.7 Å². The molecule has 0 unspecified atom stereocenters. The third-order valence-corrected chi connectivity index (χ3v) is 3.16. The van der Waals surface area contributed by atoms with Crippen molar-refractivity contribution in [2.24, 2.45) is 0 Å². The number of hydrogen-bond acceptors (Lipinski definition) is 4. The van der Waals surface area contributed by atoms with Gasteiger partial charge in [-0.2, -0.15) is 11.8 Å². The van der Waals surface area contributed by atoms with Crippen LogP contribution in [0.4, 0.5) is 0 Å². The Morgan fingerprint density at radius 2 is 2.11 bits per heavy atom. The Morgan fingerprint density at radius 1 is 1.33 bits per heavy atom. The highest BCUT2D eigenvalue weighted by molar-refractivity contribution is 7.99. The maximum atomic E-state index is 11.4. The van der Waals surface area contributed by atoms with Crippen LogP contribution in [0, 0.1) is 0 Å². The molecule has 0 spiro atoms. The van der Waals surface area contributed by atoms with Gasteiger partial charge in [-0.1, -0.05) is 18.2 Å². The molecule has 0 heterocycles. The van der Waals surface area contributed by atoms with Gasteiger partial charge in [-0.3, -0.25) is 4.79 Å². The molecule has 18 heavy (non-hydrogen) atoms. The van der Waals surface area contributed by atoms with Crippen molar-refractivity contribution in [2.45, 2.75) is 6.42 Å². The van der Waals surface area contributed by atoms with Crippen LogP contribution >= 0.6 is 11.8 Å². The van der Waals surface area contributed by atoms with Crippen LogP contribution in [0.25, 0.3) is 0 Å². The van der Waals surface area contributed by atoms with Gasteiger partial charge in [-0.05, 0) is 24.3 Å². The van der Waals surface area contributed by atoms with E-state index < -0.39 is 0 Å². The highest BCUT2D eigenvalue weighted by atomic mass is 32.2. The topological polar surface area (TPSA) is 58.6 Å². The second-order valence-corrected chi connectivity index (χ2v) is 4.75. The number of aliphatic hydroxyl groups is 1.